The summed E-state index contributed by atoms with van der Waals surface area (Å²) in [6.07, 6.45) is 0.452. The van der Waals surface area contributed by atoms with E-state index >= 15 is 0 Å². The topological polar surface area (TPSA) is 85.3 Å². The van der Waals surface area contributed by atoms with Gasteiger partial charge in [-0.1, -0.05) is 25.1 Å². The Labute approximate surface area is 117 Å². The Hall–Kier alpha value is -1.85. The zero-order chi connectivity index (χ0) is 14.8. The molecular formula is C15H20N2O3. The van der Waals surface area contributed by atoms with Crippen molar-refractivity contribution in [3.63, 3.8) is 0 Å². The molecule has 1 amide bonds. The number of aryl methyl sites for hydroxylation is 1. The van der Waals surface area contributed by atoms with Crippen LogP contribution in [0.1, 0.15) is 29.4 Å². The SMILES string of the molecule is CCC(CO)(CO)NC(=O)c1c(C)[nH]c2ccccc12. The number of aromatic amines is 1. The first-order valence-electron chi connectivity index (χ1n) is 6.68. The van der Waals surface area contributed by atoms with E-state index in [0.29, 0.717) is 12.0 Å². The van der Waals surface area contributed by atoms with E-state index in [1.54, 1.807) is 0 Å². The van der Waals surface area contributed by atoms with Crippen LogP contribution in [0.5, 0.6) is 0 Å². The molecule has 0 saturated carbocycles. The first kappa shape index (κ1) is 14.6. The van der Waals surface area contributed by atoms with Crippen LogP contribution in [0.15, 0.2) is 24.3 Å². The first-order chi connectivity index (χ1) is 9.56. The Balaban J connectivity index is 2.39. The number of aliphatic hydroxyl groups excluding tert-OH is 2. The van der Waals surface area contributed by atoms with Gasteiger partial charge >= 0.3 is 0 Å². The maximum atomic E-state index is 12.5. The number of benzene rings is 1. The van der Waals surface area contributed by atoms with Gasteiger partial charge in [-0.25, -0.2) is 0 Å². The fraction of sp³-hybridized carbons (Fsp3) is 0.400. The Bertz CT molecular complexity index is 606. The van der Waals surface area contributed by atoms with Gasteiger partial charge in [0.25, 0.3) is 5.91 Å². The number of fused-ring (bicyclic) bond motifs is 1. The van der Waals surface area contributed by atoms with Gasteiger partial charge in [-0.05, 0) is 19.4 Å². The molecule has 4 N–H and O–H groups in total. The molecule has 1 aromatic heterocycles. The number of nitrogens with one attached hydrogen (secondary N) is 2. The van der Waals surface area contributed by atoms with Gasteiger partial charge < -0.3 is 20.5 Å². The van der Waals surface area contributed by atoms with Crippen molar-refractivity contribution in [3.8, 4) is 0 Å². The molecule has 0 spiro atoms. The summed E-state index contributed by atoms with van der Waals surface area (Å²) in [7, 11) is 0. The van der Waals surface area contributed by atoms with Crippen LogP contribution in [-0.2, 0) is 0 Å². The molecule has 2 rings (SSSR count). The van der Waals surface area contributed by atoms with Crippen molar-refractivity contribution < 1.29 is 15.0 Å². The predicted octanol–water partition coefficient (Wildman–Crippen LogP) is 1.34. The third-order valence-corrected chi connectivity index (χ3v) is 3.78. The standard InChI is InChI=1S/C15H20N2O3/c1-3-15(8-18,9-19)17-14(20)13-10(2)16-12-7-5-4-6-11(12)13/h4-7,16,18-19H,3,8-9H2,1-2H3,(H,17,20). The van der Waals surface area contributed by atoms with Crippen molar-refractivity contribution in [2.24, 2.45) is 0 Å². The fourth-order valence-corrected chi connectivity index (χ4v) is 2.31. The normalized spacial score (nSPS) is 11.8. The monoisotopic (exact) mass is 276 g/mol. The van der Waals surface area contributed by atoms with Gasteiger partial charge in [0.15, 0.2) is 0 Å². The number of carbonyl (C=O) groups is 1. The van der Waals surface area contributed by atoms with Crippen molar-refractivity contribution in [1.82, 2.24) is 10.3 Å². The molecule has 0 aliphatic heterocycles. The number of aromatic nitrogens is 1. The van der Waals surface area contributed by atoms with Crippen molar-refractivity contribution >= 4 is 16.8 Å². The lowest BCUT2D eigenvalue weighted by atomic mass is 9.97. The number of rotatable bonds is 5. The molecule has 0 aliphatic rings. The number of carbonyl (C=O) groups excluding carboxylic acids is 1. The molecular weight excluding hydrogens is 256 g/mol. The Kier molecular flexibility index (Phi) is 4.11. The van der Waals surface area contributed by atoms with E-state index in [-0.39, 0.29) is 19.1 Å². The van der Waals surface area contributed by atoms with Gasteiger partial charge in [-0.2, -0.15) is 0 Å². The summed E-state index contributed by atoms with van der Waals surface area (Å²) < 4.78 is 0. The second-order valence-corrected chi connectivity index (χ2v) is 5.07. The van der Waals surface area contributed by atoms with Crippen LogP contribution in [0, 0.1) is 6.92 Å². The van der Waals surface area contributed by atoms with Gasteiger partial charge in [-0.15, -0.1) is 0 Å². The number of aliphatic hydroxyl groups is 2. The minimum absolute atomic E-state index is 0.287. The van der Waals surface area contributed by atoms with Gasteiger partial charge in [0, 0.05) is 16.6 Å². The summed E-state index contributed by atoms with van der Waals surface area (Å²) >= 11 is 0. The number of amides is 1. The summed E-state index contributed by atoms with van der Waals surface area (Å²) in [5, 5.41) is 22.4. The van der Waals surface area contributed by atoms with E-state index in [1.165, 1.54) is 0 Å². The highest BCUT2D eigenvalue weighted by Gasteiger charge is 2.30. The lowest BCUT2D eigenvalue weighted by Crippen LogP contribution is -2.53. The van der Waals surface area contributed by atoms with Crippen molar-refractivity contribution in [2.45, 2.75) is 25.8 Å². The highest BCUT2D eigenvalue weighted by molar-refractivity contribution is 6.08. The highest BCUT2D eigenvalue weighted by Crippen LogP contribution is 2.22. The zero-order valence-electron chi connectivity index (χ0n) is 11.7. The van der Waals surface area contributed by atoms with Crippen LogP contribution in [0.4, 0.5) is 0 Å². The largest absolute Gasteiger partial charge is 0.394 e. The summed E-state index contributed by atoms with van der Waals surface area (Å²) in [4.78, 5) is 15.6. The molecule has 0 bridgehead atoms. The molecule has 0 fully saturated rings. The van der Waals surface area contributed by atoms with E-state index in [4.69, 9.17) is 0 Å². The third-order valence-electron chi connectivity index (χ3n) is 3.78. The van der Waals surface area contributed by atoms with E-state index < -0.39 is 5.54 Å². The minimum Gasteiger partial charge on any atom is -0.394 e. The quantitative estimate of drug-likeness (QED) is 0.665. The van der Waals surface area contributed by atoms with Crippen LogP contribution in [0.25, 0.3) is 10.9 Å². The molecule has 0 radical (unpaired) electrons. The highest BCUT2D eigenvalue weighted by atomic mass is 16.3. The smallest absolute Gasteiger partial charge is 0.254 e. The van der Waals surface area contributed by atoms with Gasteiger partial charge in [0.2, 0.25) is 0 Å². The van der Waals surface area contributed by atoms with Gasteiger partial charge in [-0.3, -0.25) is 4.79 Å². The minimum atomic E-state index is -0.984. The summed E-state index contributed by atoms with van der Waals surface area (Å²) in [5.41, 5.74) is 1.23. The maximum absolute atomic E-state index is 12.5. The van der Waals surface area contributed by atoms with Crippen molar-refractivity contribution in [3.05, 3.63) is 35.5 Å². The predicted molar refractivity (Wildman–Crippen MR) is 77.7 cm³/mol. The molecule has 1 aromatic carbocycles. The molecule has 2 aromatic rings. The van der Waals surface area contributed by atoms with E-state index in [9.17, 15) is 15.0 Å². The third kappa shape index (κ3) is 2.42. The molecule has 5 nitrogen and oxygen atoms in total. The van der Waals surface area contributed by atoms with E-state index in [1.807, 2.05) is 38.1 Å². The molecule has 0 unspecified atom stereocenters. The number of hydrogen-bond donors (Lipinski definition) is 4. The maximum Gasteiger partial charge on any atom is 0.254 e. The lowest BCUT2D eigenvalue weighted by Gasteiger charge is -2.29. The van der Waals surface area contributed by atoms with E-state index in [0.717, 1.165) is 16.6 Å². The number of hydrogen-bond acceptors (Lipinski definition) is 3. The Morgan fingerprint density at radius 3 is 2.55 bits per heavy atom. The number of para-hydroxylation sites is 1. The lowest BCUT2D eigenvalue weighted by molar-refractivity contribution is 0.0653. The first-order valence-corrected chi connectivity index (χ1v) is 6.68. The zero-order valence-corrected chi connectivity index (χ0v) is 11.7. The van der Waals surface area contributed by atoms with Gasteiger partial charge in [0.05, 0.1) is 24.3 Å². The Morgan fingerprint density at radius 2 is 1.95 bits per heavy atom. The van der Waals surface area contributed by atoms with Crippen molar-refractivity contribution in [1.29, 1.82) is 0 Å². The van der Waals surface area contributed by atoms with Gasteiger partial charge in [0.1, 0.15) is 0 Å². The molecule has 0 atom stereocenters. The molecule has 108 valence electrons. The van der Waals surface area contributed by atoms with Crippen LogP contribution in [0.3, 0.4) is 0 Å². The molecule has 20 heavy (non-hydrogen) atoms. The van der Waals surface area contributed by atoms with Crippen LogP contribution in [-0.4, -0.2) is 39.9 Å². The fourth-order valence-electron chi connectivity index (χ4n) is 2.31. The second-order valence-electron chi connectivity index (χ2n) is 5.07. The van der Waals surface area contributed by atoms with Crippen LogP contribution in [0.2, 0.25) is 0 Å². The average Bonchev–Trinajstić information content (AvgIpc) is 2.80. The molecule has 0 saturated heterocycles. The Morgan fingerprint density at radius 1 is 1.30 bits per heavy atom. The van der Waals surface area contributed by atoms with Crippen LogP contribution < -0.4 is 5.32 Å². The van der Waals surface area contributed by atoms with Crippen molar-refractivity contribution in [2.75, 3.05) is 13.2 Å². The average molecular weight is 276 g/mol. The molecule has 0 aliphatic carbocycles. The molecule has 1 heterocycles. The number of H-pyrrole nitrogens is 1. The molecule has 5 heteroatoms. The summed E-state index contributed by atoms with van der Waals surface area (Å²) in [5.74, 6) is -0.287. The summed E-state index contributed by atoms with van der Waals surface area (Å²) in [6, 6.07) is 7.55. The summed E-state index contributed by atoms with van der Waals surface area (Å²) in [6.45, 7) is 3.05. The van der Waals surface area contributed by atoms with Crippen LogP contribution >= 0.6 is 0 Å². The second kappa shape index (κ2) is 5.64. The van der Waals surface area contributed by atoms with E-state index in [2.05, 4.69) is 10.3 Å².